The number of nitriles is 1. The van der Waals surface area contributed by atoms with E-state index < -0.39 is 17.9 Å². The van der Waals surface area contributed by atoms with E-state index in [1.54, 1.807) is 13.0 Å². The molecule has 1 rings (SSSR count). The van der Waals surface area contributed by atoms with Crippen molar-refractivity contribution in [3.8, 4) is 6.07 Å². The molecule has 0 amide bonds. The fourth-order valence-electron chi connectivity index (χ4n) is 1.34. The van der Waals surface area contributed by atoms with Crippen molar-refractivity contribution < 1.29 is 13.9 Å². The van der Waals surface area contributed by atoms with Gasteiger partial charge in [0.05, 0.1) is 5.56 Å². The van der Waals surface area contributed by atoms with Crippen LogP contribution in [-0.4, -0.2) is 12.1 Å². The van der Waals surface area contributed by atoms with Gasteiger partial charge in [-0.3, -0.25) is 0 Å². The molecule has 0 spiro atoms. The molecule has 1 atom stereocenters. The van der Waals surface area contributed by atoms with Gasteiger partial charge in [0.25, 0.3) is 0 Å². The van der Waals surface area contributed by atoms with Crippen molar-refractivity contribution in [3.05, 3.63) is 29.1 Å². The molecule has 0 aliphatic carbocycles. The molecule has 0 saturated heterocycles. The first-order valence-corrected chi connectivity index (χ1v) is 5.15. The number of esters is 1. The molecule has 0 aromatic heterocycles. The molecule has 0 aliphatic heterocycles. The minimum absolute atomic E-state index is 0.240. The number of nitrogen functional groups attached to an aromatic ring is 1. The first kappa shape index (κ1) is 13.0. The van der Waals surface area contributed by atoms with Crippen LogP contribution in [0.1, 0.15) is 29.3 Å². The number of halogens is 1. The first-order valence-electron chi connectivity index (χ1n) is 5.15. The number of aryl methyl sites for hydroxylation is 1. The van der Waals surface area contributed by atoms with Crippen LogP contribution in [0.2, 0.25) is 0 Å². The number of nitrogens with two attached hydrogens (primary N) is 1. The van der Waals surface area contributed by atoms with E-state index in [0.29, 0.717) is 6.42 Å². The van der Waals surface area contributed by atoms with Gasteiger partial charge in [0, 0.05) is 5.69 Å². The van der Waals surface area contributed by atoms with Gasteiger partial charge in [0.2, 0.25) is 0 Å². The third kappa shape index (κ3) is 2.94. The van der Waals surface area contributed by atoms with Crippen LogP contribution in [0.5, 0.6) is 0 Å². The highest BCUT2D eigenvalue weighted by atomic mass is 19.1. The Bertz CT molecular complexity index is 480. The maximum atomic E-state index is 13.7. The Labute approximate surface area is 98.8 Å². The summed E-state index contributed by atoms with van der Waals surface area (Å²) in [7, 11) is 0. The molecule has 5 heteroatoms. The molecule has 0 fully saturated rings. The molecule has 0 radical (unpaired) electrons. The van der Waals surface area contributed by atoms with Crippen molar-refractivity contribution >= 4 is 11.7 Å². The van der Waals surface area contributed by atoms with E-state index in [2.05, 4.69) is 0 Å². The normalized spacial score (nSPS) is 11.6. The zero-order valence-corrected chi connectivity index (χ0v) is 9.66. The molecule has 0 bridgehead atoms. The summed E-state index contributed by atoms with van der Waals surface area (Å²) in [4.78, 5) is 11.6. The summed E-state index contributed by atoms with van der Waals surface area (Å²) in [5.74, 6) is -1.54. The number of rotatable bonds is 3. The molecule has 0 saturated carbocycles. The molecule has 2 N–H and O–H groups in total. The summed E-state index contributed by atoms with van der Waals surface area (Å²) in [6.07, 6.45) is -0.519. The maximum Gasteiger partial charge on any atom is 0.342 e. The lowest BCUT2D eigenvalue weighted by Gasteiger charge is -2.10. The van der Waals surface area contributed by atoms with Crippen molar-refractivity contribution in [1.29, 1.82) is 5.26 Å². The number of carbonyl (C=O) groups excluding carboxylic acids is 1. The Kier molecular flexibility index (Phi) is 4.05. The second kappa shape index (κ2) is 5.30. The Morgan fingerprint density at radius 3 is 2.82 bits per heavy atom. The topological polar surface area (TPSA) is 76.1 Å². The highest BCUT2D eigenvalue weighted by Gasteiger charge is 2.19. The van der Waals surface area contributed by atoms with Crippen molar-refractivity contribution in [3.63, 3.8) is 0 Å². The smallest absolute Gasteiger partial charge is 0.342 e. The van der Waals surface area contributed by atoms with Crippen molar-refractivity contribution in [1.82, 2.24) is 0 Å². The molecular formula is C12H13FN2O2. The fourth-order valence-corrected chi connectivity index (χ4v) is 1.34. The lowest BCUT2D eigenvalue weighted by molar-refractivity contribution is 0.0395. The summed E-state index contributed by atoms with van der Waals surface area (Å²) in [6, 6.07) is 4.43. The van der Waals surface area contributed by atoms with E-state index in [1.807, 2.05) is 0 Å². The van der Waals surface area contributed by atoms with Crippen LogP contribution < -0.4 is 5.73 Å². The quantitative estimate of drug-likeness (QED) is 0.644. The highest BCUT2D eigenvalue weighted by Crippen LogP contribution is 2.18. The summed E-state index contributed by atoms with van der Waals surface area (Å²) in [5, 5.41) is 8.65. The second-order valence-electron chi connectivity index (χ2n) is 3.63. The van der Waals surface area contributed by atoms with Gasteiger partial charge in [-0.05, 0) is 31.0 Å². The van der Waals surface area contributed by atoms with Crippen molar-refractivity contribution in [2.24, 2.45) is 0 Å². The summed E-state index contributed by atoms with van der Waals surface area (Å²) < 4.78 is 18.5. The van der Waals surface area contributed by atoms with Crippen LogP contribution in [0.25, 0.3) is 0 Å². The average molecular weight is 236 g/mol. The zero-order chi connectivity index (χ0) is 13.0. The molecule has 1 unspecified atom stereocenters. The second-order valence-corrected chi connectivity index (χ2v) is 3.63. The third-order valence-electron chi connectivity index (χ3n) is 2.26. The van der Waals surface area contributed by atoms with Gasteiger partial charge in [0.15, 0.2) is 6.10 Å². The number of ether oxygens (including phenoxy) is 1. The van der Waals surface area contributed by atoms with Crippen LogP contribution in [-0.2, 0) is 4.74 Å². The summed E-state index contributed by atoms with van der Waals surface area (Å²) >= 11 is 0. The SMILES string of the molecule is CCC(C#N)OC(=O)c1cc(N)cc(C)c1F. The van der Waals surface area contributed by atoms with E-state index in [0.717, 1.165) is 0 Å². The van der Waals surface area contributed by atoms with Gasteiger partial charge in [-0.1, -0.05) is 6.92 Å². The average Bonchev–Trinajstić information content (AvgIpc) is 2.30. The number of hydrogen-bond acceptors (Lipinski definition) is 4. The summed E-state index contributed by atoms with van der Waals surface area (Å²) in [6.45, 7) is 3.20. The predicted octanol–water partition coefficient (Wildman–Crippen LogP) is 2.18. The van der Waals surface area contributed by atoms with Crippen LogP contribution in [0.15, 0.2) is 12.1 Å². The predicted molar refractivity (Wildman–Crippen MR) is 60.7 cm³/mol. The van der Waals surface area contributed by atoms with Crippen LogP contribution in [0.3, 0.4) is 0 Å². The lowest BCUT2D eigenvalue weighted by atomic mass is 10.1. The molecular weight excluding hydrogens is 223 g/mol. The Morgan fingerprint density at radius 1 is 1.65 bits per heavy atom. The van der Waals surface area contributed by atoms with Gasteiger partial charge in [0.1, 0.15) is 11.9 Å². The van der Waals surface area contributed by atoms with Gasteiger partial charge < -0.3 is 10.5 Å². The standard InChI is InChI=1S/C12H13FN2O2/c1-3-9(6-14)17-12(16)10-5-8(15)4-7(2)11(10)13/h4-5,9H,3,15H2,1-2H3. The Hall–Kier alpha value is -2.09. The molecule has 4 nitrogen and oxygen atoms in total. The molecule has 1 aromatic rings. The van der Waals surface area contributed by atoms with Crippen molar-refractivity contribution in [2.75, 3.05) is 5.73 Å². The molecule has 0 aliphatic rings. The monoisotopic (exact) mass is 236 g/mol. The molecule has 90 valence electrons. The van der Waals surface area contributed by atoms with E-state index in [-0.39, 0.29) is 16.8 Å². The number of benzene rings is 1. The minimum Gasteiger partial charge on any atom is -0.443 e. The van der Waals surface area contributed by atoms with E-state index >= 15 is 0 Å². The Balaban J connectivity index is 3.01. The van der Waals surface area contributed by atoms with Crippen molar-refractivity contribution in [2.45, 2.75) is 26.4 Å². The number of hydrogen-bond donors (Lipinski definition) is 1. The highest BCUT2D eigenvalue weighted by molar-refractivity contribution is 5.91. The number of carbonyl (C=O) groups is 1. The fraction of sp³-hybridized carbons (Fsp3) is 0.333. The van der Waals surface area contributed by atoms with E-state index in [4.69, 9.17) is 15.7 Å². The maximum absolute atomic E-state index is 13.7. The summed E-state index contributed by atoms with van der Waals surface area (Å²) in [5.41, 5.74) is 5.83. The van der Waals surface area contributed by atoms with Gasteiger partial charge >= 0.3 is 5.97 Å². The molecule has 17 heavy (non-hydrogen) atoms. The number of anilines is 1. The van der Waals surface area contributed by atoms with E-state index in [9.17, 15) is 9.18 Å². The zero-order valence-electron chi connectivity index (χ0n) is 9.66. The van der Waals surface area contributed by atoms with Gasteiger partial charge in [-0.2, -0.15) is 5.26 Å². The largest absolute Gasteiger partial charge is 0.443 e. The first-order chi connectivity index (χ1) is 7.99. The van der Waals surface area contributed by atoms with Crippen LogP contribution in [0.4, 0.5) is 10.1 Å². The van der Waals surface area contributed by atoms with Gasteiger partial charge in [-0.25, -0.2) is 9.18 Å². The molecule has 1 aromatic carbocycles. The molecule has 0 heterocycles. The van der Waals surface area contributed by atoms with E-state index in [1.165, 1.54) is 19.1 Å². The van der Waals surface area contributed by atoms with Crippen LogP contribution >= 0.6 is 0 Å². The Morgan fingerprint density at radius 2 is 2.29 bits per heavy atom. The lowest BCUT2D eigenvalue weighted by Crippen LogP contribution is -2.17. The minimum atomic E-state index is -0.872. The number of nitrogens with zero attached hydrogens (tertiary/aromatic N) is 1. The van der Waals surface area contributed by atoms with Crippen LogP contribution in [0, 0.1) is 24.1 Å². The third-order valence-corrected chi connectivity index (χ3v) is 2.26. The van der Waals surface area contributed by atoms with Gasteiger partial charge in [-0.15, -0.1) is 0 Å².